The van der Waals surface area contributed by atoms with Gasteiger partial charge >= 0.3 is 12.1 Å². The quantitative estimate of drug-likeness (QED) is 0.217. The number of aliphatic carboxylic acids is 1. The monoisotopic (exact) mass is 544 g/mol. The Hall–Kier alpha value is -2.08. The first-order chi connectivity index (χ1) is 19.0. The molecule has 1 amide bonds. The van der Waals surface area contributed by atoms with E-state index in [4.69, 9.17) is 4.74 Å². The summed E-state index contributed by atoms with van der Waals surface area (Å²) < 4.78 is 5.33. The number of hydrogen-bond donors (Lipinski definition) is 2. The van der Waals surface area contributed by atoms with Crippen molar-refractivity contribution >= 4 is 12.1 Å². The molecule has 0 radical (unpaired) electrons. The fraction of sp³-hybridized carbons (Fsp3) is 0.758. The zero-order valence-electron chi connectivity index (χ0n) is 24.9. The van der Waals surface area contributed by atoms with Gasteiger partial charge in [-0.2, -0.15) is 0 Å². The summed E-state index contributed by atoms with van der Waals surface area (Å²) in [5, 5.41) is 13.3. The van der Waals surface area contributed by atoms with E-state index < -0.39 is 18.0 Å². The molecule has 0 aromatic heterocycles. The van der Waals surface area contributed by atoms with Crippen LogP contribution in [0, 0.1) is 5.92 Å². The van der Waals surface area contributed by atoms with Gasteiger partial charge < -0.3 is 20.1 Å². The van der Waals surface area contributed by atoms with Crippen molar-refractivity contribution < 1.29 is 19.4 Å². The summed E-state index contributed by atoms with van der Waals surface area (Å²) in [7, 11) is 0. The van der Waals surface area contributed by atoms with E-state index in [-0.39, 0.29) is 13.2 Å². The van der Waals surface area contributed by atoms with E-state index in [1.165, 1.54) is 88.4 Å². The molecule has 2 N–H and O–H groups in total. The molecule has 0 spiro atoms. The van der Waals surface area contributed by atoms with Crippen LogP contribution in [-0.4, -0.2) is 47.2 Å². The second-order valence-electron chi connectivity index (χ2n) is 11.5. The van der Waals surface area contributed by atoms with Crippen LogP contribution in [0.5, 0.6) is 0 Å². The summed E-state index contributed by atoms with van der Waals surface area (Å²) in [6.45, 7) is 4.86. The number of carbonyl (C=O) groups excluding carboxylic acids is 1. The summed E-state index contributed by atoms with van der Waals surface area (Å²) in [6, 6.07) is 11.2. The fourth-order valence-corrected chi connectivity index (χ4v) is 5.75. The first-order valence-electron chi connectivity index (χ1n) is 16.0. The van der Waals surface area contributed by atoms with Crippen molar-refractivity contribution in [3.63, 3.8) is 0 Å². The molecular formula is C33H56N2O4. The van der Waals surface area contributed by atoms with E-state index >= 15 is 0 Å². The molecule has 6 nitrogen and oxygen atoms in total. The van der Waals surface area contributed by atoms with Gasteiger partial charge in [0.05, 0.1) is 5.92 Å². The van der Waals surface area contributed by atoms with Crippen LogP contribution in [0.3, 0.4) is 0 Å². The lowest BCUT2D eigenvalue weighted by Crippen LogP contribution is -2.40. The van der Waals surface area contributed by atoms with Crippen molar-refractivity contribution in [2.75, 3.05) is 13.1 Å². The van der Waals surface area contributed by atoms with Crippen LogP contribution >= 0.6 is 0 Å². The van der Waals surface area contributed by atoms with Gasteiger partial charge in [0.15, 0.2) is 0 Å². The highest BCUT2D eigenvalue weighted by Gasteiger charge is 2.24. The summed E-state index contributed by atoms with van der Waals surface area (Å²) in [4.78, 5) is 25.3. The van der Waals surface area contributed by atoms with E-state index in [9.17, 15) is 14.7 Å². The molecule has 39 heavy (non-hydrogen) atoms. The highest BCUT2D eigenvalue weighted by Crippen LogP contribution is 2.22. The molecule has 2 fully saturated rings. The van der Waals surface area contributed by atoms with Gasteiger partial charge in [0, 0.05) is 25.2 Å². The lowest BCUT2D eigenvalue weighted by Gasteiger charge is -2.30. The molecular weight excluding hydrogens is 488 g/mol. The molecule has 1 atom stereocenters. The third-order valence-corrected chi connectivity index (χ3v) is 8.22. The molecule has 0 unspecified atom stereocenters. The zero-order chi connectivity index (χ0) is 28.1. The minimum absolute atomic E-state index is 0.200. The van der Waals surface area contributed by atoms with Gasteiger partial charge in [-0.05, 0) is 44.6 Å². The van der Waals surface area contributed by atoms with Crippen molar-refractivity contribution in [1.82, 2.24) is 10.2 Å². The number of rotatable bonds is 15. The predicted octanol–water partition coefficient (Wildman–Crippen LogP) is 8.34. The van der Waals surface area contributed by atoms with Gasteiger partial charge in [0.25, 0.3) is 0 Å². The summed E-state index contributed by atoms with van der Waals surface area (Å²) >= 11 is 0. The normalized spacial score (nSPS) is 17.1. The SMILES string of the molecule is C1CCC(NC2CCCCC2)CC1.CCCCCCCC[C@H](CN(CC)C(=O)OCc1ccccc1)C(=O)O. The summed E-state index contributed by atoms with van der Waals surface area (Å²) in [5.74, 6) is -1.38. The summed E-state index contributed by atoms with van der Waals surface area (Å²) in [6.07, 6.45) is 21.4. The molecule has 3 rings (SSSR count). The maximum Gasteiger partial charge on any atom is 0.410 e. The van der Waals surface area contributed by atoms with Crippen molar-refractivity contribution in [2.24, 2.45) is 5.92 Å². The van der Waals surface area contributed by atoms with Crippen LogP contribution in [0.25, 0.3) is 0 Å². The van der Waals surface area contributed by atoms with Gasteiger partial charge in [0.1, 0.15) is 6.61 Å². The third-order valence-electron chi connectivity index (χ3n) is 8.22. The molecule has 0 aliphatic heterocycles. The molecule has 0 saturated heterocycles. The standard InChI is InChI=1S/C21H33NO4.C12H23N/c1-3-5-6-7-8-12-15-19(20(23)24)16-22(4-2)21(25)26-17-18-13-10-9-11-14-18;1-3-7-11(8-4-1)13-12-9-5-2-6-10-12/h9-11,13-14,19H,3-8,12,15-17H2,1-2H3,(H,23,24);11-13H,1-10H2/t19-;/m1./s1. The van der Waals surface area contributed by atoms with E-state index in [0.717, 1.165) is 36.9 Å². The minimum Gasteiger partial charge on any atom is -0.481 e. The number of benzene rings is 1. The number of nitrogens with one attached hydrogen (secondary N) is 1. The van der Waals surface area contributed by atoms with Gasteiger partial charge in [-0.3, -0.25) is 4.79 Å². The van der Waals surface area contributed by atoms with Crippen LogP contribution in [0.2, 0.25) is 0 Å². The highest BCUT2D eigenvalue weighted by atomic mass is 16.6. The molecule has 2 saturated carbocycles. The van der Waals surface area contributed by atoms with Gasteiger partial charge in [-0.25, -0.2) is 4.79 Å². The number of ether oxygens (including phenoxy) is 1. The number of nitrogens with zero attached hydrogens (tertiary/aromatic N) is 1. The lowest BCUT2D eigenvalue weighted by atomic mass is 9.91. The largest absolute Gasteiger partial charge is 0.481 e. The number of carbonyl (C=O) groups is 2. The Morgan fingerprint density at radius 2 is 1.44 bits per heavy atom. The Morgan fingerprint density at radius 3 is 1.97 bits per heavy atom. The van der Waals surface area contributed by atoms with E-state index in [1.807, 2.05) is 37.3 Å². The Labute approximate surface area is 238 Å². The molecule has 0 heterocycles. The van der Waals surface area contributed by atoms with Crippen molar-refractivity contribution in [1.29, 1.82) is 0 Å². The smallest absolute Gasteiger partial charge is 0.410 e. The molecule has 1 aromatic rings. The van der Waals surface area contributed by atoms with Crippen LogP contribution in [0.15, 0.2) is 30.3 Å². The average Bonchev–Trinajstić information content (AvgIpc) is 2.97. The van der Waals surface area contributed by atoms with Crippen molar-refractivity contribution in [3.8, 4) is 0 Å². The summed E-state index contributed by atoms with van der Waals surface area (Å²) in [5.41, 5.74) is 0.916. The third kappa shape index (κ3) is 14.8. The maximum absolute atomic E-state index is 12.3. The van der Waals surface area contributed by atoms with E-state index in [2.05, 4.69) is 12.2 Å². The first kappa shape index (κ1) is 33.1. The van der Waals surface area contributed by atoms with Crippen molar-refractivity contribution in [3.05, 3.63) is 35.9 Å². The molecule has 0 bridgehead atoms. The molecule has 222 valence electrons. The molecule has 2 aliphatic rings. The molecule has 6 heteroatoms. The Kier molecular flexibility index (Phi) is 17.6. The zero-order valence-corrected chi connectivity index (χ0v) is 24.9. The highest BCUT2D eigenvalue weighted by molar-refractivity contribution is 5.72. The Balaban J connectivity index is 0.000000338. The van der Waals surface area contributed by atoms with E-state index in [1.54, 1.807) is 0 Å². The number of carboxylic acids is 1. The van der Waals surface area contributed by atoms with E-state index in [0.29, 0.717) is 13.0 Å². The maximum atomic E-state index is 12.3. The Morgan fingerprint density at radius 1 is 0.872 bits per heavy atom. The second-order valence-corrected chi connectivity index (χ2v) is 11.5. The van der Waals surface area contributed by atoms with Crippen LogP contribution in [0.4, 0.5) is 4.79 Å². The molecule has 2 aliphatic carbocycles. The van der Waals surface area contributed by atoms with Gasteiger partial charge in [-0.1, -0.05) is 114 Å². The second kappa shape index (κ2) is 20.8. The number of amides is 1. The fourth-order valence-electron chi connectivity index (χ4n) is 5.75. The molecule has 1 aromatic carbocycles. The first-order valence-corrected chi connectivity index (χ1v) is 16.0. The minimum atomic E-state index is -0.840. The van der Waals surface area contributed by atoms with Crippen LogP contribution in [-0.2, 0) is 16.1 Å². The predicted molar refractivity (Wildman–Crippen MR) is 160 cm³/mol. The van der Waals surface area contributed by atoms with Gasteiger partial charge in [-0.15, -0.1) is 0 Å². The lowest BCUT2D eigenvalue weighted by molar-refractivity contribution is -0.142. The number of carboxylic acid groups (broad SMARTS) is 1. The average molecular weight is 545 g/mol. The van der Waals surface area contributed by atoms with Crippen molar-refractivity contribution in [2.45, 2.75) is 142 Å². The number of hydrogen-bond acceptors (Lipinski definition) is 4. The van der Waals surface area contributed by atoms with Crippen LogP contribution in [0.1, 0.15) is 129 Å². The van der Waals surface area contributed by atoms with Crippen LogP contribution < -0.4 is 5.32 Å². The number of unbranched alkanes of at least 4 members (excludes halogenated alkanes) is 5. The van der Waals surface area contributed by atoms with Gasteiger partial charge in [0.2, 0.25) is 0 Å². The topological polar surface area (TPSA) is 78.9 Å². The Bertz CT molecular complexity index is 744.